The Kier molecular flexibility index (Phi) is 17.7. The Morgan fingerprint density at radius 2 is 1.09 bits per heavy atom. The molecule has 0 aliphatic rings. The standard InChI is InChI=1S/C21H40O/c1-3-5-6-7-8-9-10-11-12-13-14-15-16-17-18-20-21(22)19-4-2/h4,19-20,22H,3,5-18H2,1-2H3. The van der Waals surface area contributed by atoms with Crippen LogP contribution in [0.15, 0.2) is 24.0 Å². The third kappa shape index (κ3) is 17.3. The first kappa shape index (κ1) is 21.3. The van der Waals surface area contributed by atoms with E-state index in [1.165, 1.54) is 89.9 Å². The van der Waals surface area contributed by atoms with Gasteiger partial charge in [0.25, 0.3) is 0 Å². The van der Waals surface area contributed by atoms with E-state index in [2.05, 4.69) is 6.92 Å². The van der Waals surface area contributed by atoms with Crippen LogP contribution in [0.25, 0.3) is 0 Å². The SMILES string of the molecule is CC=CC(O)=CCCCCCCCCCCCCCCCC. The quantitative estimate of drug-likeness (QED) is 0.175. The Balaban J connectivity index is 3.10. The largest absolute Gasteiger partial charge is 0.508 e. The molecule has 0 atom stereocenters. The van der Waals surface area contributed by atoms with Crippen molar-refractivity contribution in [2.24, 2.45) is 0 Å². The second kappa shape index (κ2) is 18.3. The Morgan fingerprint density at radius 1 is 0.682 bits per heavy atom. The van der Waals surface area contributed by atoms with Crippen LogP contribution in [0.4, 0.5) is 0 Å². The minimum Gasteiger partial charge on any atom is -0.508 e. The predicted molar refractivity (Wildman–Crippen MR) is 100 cm³/mol. The third-order valence-corrected chi connectivity index (χ3v) is 4.25. The average molecular weight is 309 g/mol. The van der Waals surface area contributed by atoms with Gasteiger partial charge in [0.15, 0.2) is 0 Å². The van der Waals surface area contributed by atoms with E-state index < -0.39 is 0 Å². The Morgan fingerprint density at radius 3 is 1.50 bits per heavy atom. The van der Waals surface area contributed by atoms with Crippen LogP contribution in [0, 0.1) is 0 Å². The van der Waals surface area contributed by atoms with Crippen molar-refractivity contribution in [1.82, 2.24) is 0 Å². The molecule has 0 bridgehead atoms. The van der Waals surface area contributed by atoms with E-state index in [9.17, 15) is 5.11 Å². The fourth-order valence-corrected chi connectivity index (χ4v) is 2.83. The van der Waals surface area contributed by atoms with Crippen molar-refractivity contribution >= 4 is 0 Å². The van der Waals surface area contributed by atoms with Crippen molar-refractivity contribution < 1.29 is 5.11 Å². The molecule has 130 valence electrons. The molecule has 1 N–H and O–H groups in total. The molecule has 0 spiro atoms. The summed E-state index contributed by atoms with van der Waals surface area (Å²) in [6.07, 6.45) is 26.1. The van der Waals surface area contributed by atoms with E-state index in [0.29, 0.717) is 5.76 Å². The molecule has 0 aromatic heterocycles. The molecule has 0 rings (SSSR count). The van der Waals surface area contributed by atoms with Crippen LogP contribution in [-0.2, 0) is 0 Å². The number of rotatable bonds is 16. The average Bonchev–Trinajstić information content (AvgIpc) is 2.51. The zero-order valence-corrected chi connectivity index (χ0v) is 15.3. The molecule has 0 heterocycles. The molecule has 0 radical (unpaired) electrons. The summed E-state index contributed by atoms with van der Waals surface area (Å²) in [5.41, 5.74) is 0. The van der Waals surface area contributed by atoms with Gasteiger partial charge in [-0.05, 0) is 31.9 Å². The van der Waals surface area contributed by atoms with Gasteiger partial charge >= 0.3 is 0 Å². The lowest BCUT2D eigenvalue weighted by Crippen LogP contribution is -1.83. The highest BCUT2D eigenvalue weighted by atomic mass is 16.3. The summed E-state index contributed by atoms with van der Waals surface area (Å²) >= 11 is 0. The topological polar surface area (TPSA) is 20.2 Å². The first-order chi connectivity index (χ1) is 10.8. The number of hydrogen-bond acceptors (Lipinski definition) is 1. The smallest absolute Gasteiger partial charge is 0.111 e. The molecular weight excluding hydrogens is 268 g/mol. The van der Waals surface area contributed by atoms with Crippen molar-refractivity contribution in [3.63, 3.8) is 0 Å². The number of hydrogen-bond donors (Lipinski definition) is 1. The highest BCUT2D eigenvalue weighted by molar-refractivity contribution is 5.08. The molecule has 0 saturated carbocycles. The molecule has 0 aromatic rings. The van der Waals surface area contributed by atoms with Crippen molar-refractivity contribution in [3.8, 4) is 0 Å². The van der Waals surface area contributed by atoms with Gasteiger partial charge in [0, 0.05) is 0 Å². The zero-order valence-electron chi connectivity index (χ0n) is 15.3. The Hall–Kier alpha value is -0.720. The van der Waals surface area contributed by atoms with Gasteiger partial charge in [-0.2, -0.15) is 0 Å². The number of aliphatic hydroxyl groups excluding tert-OH is 1. The molecular formula is C21H40O. The van der Waals surface area contributed by atoms with Crippen molar-refractivity contribution in [3.05, 3.63) is 24.0 Å². The number of unbranched alkanes of at least 4 members (excludes halogenated alkanes) is 14. The van der Waals surface area contributed by atoms with Crippen LogP contribution >= 0.6 is 0 Å². The van der Waals surface area contributed by atoms with E-state index in [1.807, 2.05) is 19.1 Å². The van der Waals surface area contributed by atoms with Crippen LogP contribution in [0.1, 0.15) is 110 Å². The molecule has 1 nitrogen and oxygen atoms in total. The van der Waals surface area contributed by atoms with Crippen LogP contribution in [0.2, 0.25) is 0 Å². The monoisotopic (exact) mass is 308 g/mol. The van der Waals surface area contributed by atoms with E-state index in [0.717, 1.165) is 6.42 Å². The van der Waals surface area contributed by atoms with Gasteiger partial charge in [0.05, 0.1) is 0 Å². The van der Waals surface area contributed by atoms with Gasteiger partial charge < -0.3 is 5.11 Å². The summed E-state index contributed by atoms with van der Waals surface area (Å²) in [5, 5.41) is 9.43. The van der Waals surface area contributed by atoms with E-state index >= 15 is 0 Å². The second-order valence-electron chi connectivity index (χ2n) is 6.51. The van der Waals surface area contributed by atoms with Crippen LogP contribution in [0.5, 0.6) is 0 Å². The molecule has 0 fully saturated rings. The van der Waals surface area contributed by atoms with Gasteiger partial charge in [-0.15, -0.1) is 0 Å². The normalized spacial score (nSPS) is 12.4. The summed E-state index contributed by atoms with van der Waals surface area (Å²) in [7, 11) is 0. The molecule has 0 aromatic carbocycles. The molecule has 1 heteroatoms. The number of allylic oxidation sites excluding steroid dienone is 3. The molecule has 22 heavy (non-hydrogen) atoms. The minimum atomic E-state index is 0.414. The highest BCUT2D eigenvalue weighted by Crippen LogP contribution is 2.13. The van der Waals surface area contributed by atoms with E-state index in [-0.39, 0.29) is 0 Å². The van der Waals surface area contributed by atoms with Crippen LogP contribution < -0.4 is 0 Å². The predicted octanol–water partition coefficient (Wildman–Crippen LogP) is 7.88. The molecule has 0 aliphatic heterocycles. The second-order valence-corrected chi connectivity index (χ2v) is 6.51. The maximum Gasteiger partial charge on any atom is 0.111 e. The lowest BCUT2D eigenvalue weighted by atomic mass is 10.0. The zero-order chi connectivity index (χ0) is 16.3. The fraction of sp³-hybridized carbons (Fsp3) is 0.810. The van der Waals surface area contributed by atoms with Crippen molar-refractivity contribution in [2.45, 2.75) is 110 Å². The first-order valence-corrected chi connectivity index (χ1v) is 9.83. The first-order valence-electron chi connectivity index (χ1n) is 9.83. The number of aliphatic hydroxyl groups is 1. The van der Waals surface area contributed by atoms with Crippen molar-refractivity contribution in [2.75, 3.05) is 0 Å². The molecule has 0 saturated heterocycles. The van der Waals surface area contributed by atoms with Gasteiger partial charge in [0.1, 0.15) is 5.76 Å². The summed E-state index contributed by atoms with van der Waals surface area (Å²) in [5.74, 6) is 0.414. The summed E-state index contributed by atoms with van der Waals surface area (Å²) in [4.78, 5) is 0. The lowest BCUT2D eigenvalue weighted by Gasteiger charge is -2.03. The molecule has 0 aliphatic carbocycles. The highest BCUT2D eigenvalue weighted by Gasteiger charge is 1.94. The van der Waals surface area contributed by atoms with Crippen molar-refractivity contribution in [1.29, 1.82) is 0 Å². The van der Waals surface area contributed by atoms with E-state index in [1.54, 1.807) is 6.08 Å². The van der Waals surface area contributed by atoms with Gasteiger partial charge in [-0.25, -0.2) is 0 Å². The third-order valence-electron chi connectivity index (χ3n) is 4.25. The van der Waals surface area contributed by atoms with Crippen LogP contribution in [0.3, 0.4) is 0 Å². The maximum atomic E-state index is 9.43. The fourth-order valence-electron chi connectivity index (χ4n) is 2.83. The van der Waals surface area contributed by atoms with E-state index in [4.69, 9.17) is 0 Å². The van der Waals surface area contributed by atoms with Gasteiger partial charge in [0.2, 0.25) is 0 Å². The Labute approximate surface area is 139 Å². The Bertz CT molecular complexity index is 265. The van der Waals surface area contributed by atoms with Gasteiger partial charge in [-0.3, -0.25) is 0 Å². The van der Waals surface area contributed by atoms with Crippen LogP contribution in [-0.4, -0.2) is 5.11 Å². The van der Waals surface area contributed by atoms with Gasteiger partial charge in [-0.1, -0.05) is 96.5 Å². The summed E-state index contributed by atoms with van der Waals surface area (Å²) in [6, 6.07) is 0. The minimum absolute atomic E-state index is 0.414. The molecule has 0 unspecified atom stereocenters. The maximum absolute atomic E-state index is 9.43. The summed E-state index contributed by atoms with van der Waals surface area (Å²) in [6.45, 7) is 4.21. The molecule has 0 amide bonds. The lowest BCUT2D eigenvalue weighted by molar-refractivity contribution is 0.428. The summed E-state index contributed by atoms with van der Waals surface area (Å²) < 4.78 is 0.